The quantitative estimate of drug-likeness (QED) is 0.757. The Morgan fingerprint density at radius 1 is 1.47 bits per heavy atom. The molecule has 0 bridgehead atoms. The molecule has 0 radical (unpaired) electrons. The molecule has 5 heteroatoms. The van der Waals surface area contributed by atoms with Crippen LogP contribution in [0.15, 0.2) is 18.2 Å². The van der Waals surface area contributed by atoms with E-state index in [9.17, 15) is 4.79 Å². The summed E-state index contributed by atoms with van der Waals surface area (Å²) in [5.74, 6) is 0.690. The Kier molecular flexibility index (Phi) is 2.91. The van der Waals surface area contributed by atoms with Gasteiger partial charge in [-0.25, -0.2) is 0 Å². The zero-order valence-electron chi connectivity index (χ0n) is 11.0. The van der Waals surface area contributed by atoms with Gasteiger partial charge in [-0.1, -0.05) is 0 Å². The van der Waals surface area contributed by atoms with E-state index in [-0.39, 0.29) is 11.8 Å². The largest absolute Gasteiger partial charge is 0.497 e. The third-order valence-corrected chi connectivity index (χ3v) is 3.69. The van der Waals surface area contributed by atoms with Crippen LogP contribution in [0.2, 0.25) is 0 Å². The van der Waals surface area contributed by atoms with Crippen LogP contribution in [0.3, 0.4) is 0 Å². The van der Waals surface area contributed by atoms with Crippen LogP contribution in [0, 0.1) is 0 Å². The second-order valence-electron chi connectivity index (χ2n) is 4.73. The summed E-state index contributed by atoms with van der Waals surface area (Å²) in [5.41, 5.74) is 3.22. The minimum atomic E-state index is -0.158. The number of amides is 1. The van der Waals surface area contributed by atoms with Crippen LogP contribution >= 0.6 is 0 Å². The molecule has 0 spiro atoms. The Balaban J connectivity index is 2.20. The third kappa shape index (κ3) is 1.86. The molecule has 1 aliphatic heterocycles. The van der Waals surface area contributed by atoms with Gasteiger partial charge in [0.1, 0.15) is 5.75 Å². The number of likely N-dealkylation sites (N-methyl/N-ethyl adjacent to an activating group) is 1. The van der Waals surface area contributed by atoms with Crippen LogP contribution in [0.1, 0.15) is 17.2 Å². The number of rotatable bonds is 2. The molecule has 0 saturated heterocycles. The van der Waals surface area contributed by atoms with Crippen molar-refractivity contribution < 1.29 is 9.53 Å². The Bertz CT molecular complexity index is 633. The molecule has 0 saturated carbocycles. The van der Waals surface area contributed by atoms with Gasteiger partial charge >= 0.3 is 0 Å². The number of aromatic amines is 1. The summed E-state index contributed by atoms with van der Waals surface area (Å²) in [6.45, 7) is 1.43. The van der Waals surface area contributed by atoms with Crippen molar-refractivity contribution in [3.05, 3.63) is 29.5 Å². The lowest BCUT2D eigenvalue weighted by atomic mass is 9.92. The van der Waals surface area contributed by atoms with Crippen molar-refractivity contribution >= 4 is 16.8 Å². The fraction of sp³-hybridized carbons (Fsp3) is 0.357. The maximum absolute atomic E-state index is 12.0. The Labute approximate surface area is 111 Å². The molecule has 3 N–H and O–H groups in total. The number of benzene rings is 1. The number of fused-ring (bicyclic) bond motifs is 3. The van der Waals surface area contributed by atoms with Gasteiger partial charge in [-0.05, 0) is 23.8 Å². The van der Waals surface area contributed by atoms with Gasteiger partial charge in [-0.2, -0.15) is 0 Å². The highest BCUT2D eigenvalue weighted by Gasteiger charge is 2.29. The molecular formula is C14H17N3O2. The van der Waals surface area contributed by atoms with Crippen molar-refractivity contribution in [2.24, 2.45) is 0 Å². The van der Waals surface area contributed by atoms with E-state index in [0.717, 1.165) is 34.5 Å². The Morgan fingerprint density at radius 2 is 2.32 bits per heavy atom. The topological polar surface area (TPSA) is 66.2 Å². The van der Waals surface area contributed by atoms with Gasteiger partial charge in [-0.3, -0.25) is 4.79 Å². The van der Waals surface area contributed by atoms with Gasteiger partial charge < -0.3 is 20.4 Å². The fourth-order valence-corrected chi connectivity index (χ4v) is 2.75. The predicted molar refractivity (Wildman–Crippen MR) is 73.4 cm³/mol. The molecule has 1 aliphatic rings. The average molecular weight is 259 g/mol. The van der Waals surface area contributed by atoms with Crippen molar-refractivity contribution in [3.8, 4) is 5.75 Å². The predicted octanol–water partition coefficient (Wildman–Crippen LogP) is 1.11. The highest BCUT2D eigenvalue weighted by molar-refractivity contribution is 5.94. The van der Waals surface area contributed by atoms with Crippen LogP contribution in [0.4, 0.5) is 0 Å². The van der Waals surface area contributed by atoms with Gasteiger partial charge in [0.2, 0.25) is 5.91 Å². The van der Waals surface area contributed by atoms with Gasteiger partial charge in [-0.15, -0.1) is 0 Å². The highest BCUT2D eigenvalue weighted by Crippen LogP contribution is 2.34. The number of ether oxygens (including phenoxy) is 1. The summed E-state index contributed by atoms with van der Waals surface area (Å²) in [6, 6.07) is 5.91. The van der Waals surface area contributed by atoms with Gasteiger partial charge in [0.25, 0.3) is 0 Å². The fourth-order valence-electron chi connectivity index (χ4n) is 2.75. The van der Waals surface area contributed by atoms with E-state index in [1.165, 1.54) is 0 Å². The maximum atomic E-state index is 12.0. The SMILES string of the molecule is CNC(=O)[C@H]1CNCc2[nH]c3ccc(OC)cc3c21. The van der Waals surface area contributed by atoms with E-state index in [4.69, 9.17) is 4.74 Å². The summed E-state index contributed by atoms with van der Waals surface area (Å²) < 4.78 is 5.27. The standard InChI is InChI=1S/C14H17N3O2/c1-15-14(18)10-6-16-7-12-13(10)9-5-8(19-2)3-4-11(9)17-12/h3-5,10,16-17H,6-7H2,1-2H3,(H,15,18)/t10-/m0/s1. The maximum Gasteiger partial charge on any atom is 0.228 e. The molecule has 0 unspecified atom stereocenters. The monoisotopic (exact) mass is 259 g/mol. The first-order valence-electron chi connectivity index (χ1n) is 6.35. The minimum absolute atomic E-state index is 0.0390. The molecule has 1 aromatic heterocycles. The Morgan fingerprint density at radius 3 is 3.05 bits per heavy atom. The van der Waals surface area contributed by atoms with Crippen molar-refractivity contribution in [1.82, 2.24) is 15.6 Å². The molecule has 2 heterocycles. The van der Waals surface area contributed by atoms with Gasteiger partial charge in [0.15, 0.2) is 0 Å². The van der Waals surface area contributed by atoms with E-state index in [2.05, 4.69) is 15.6 Å². The van der Waals surface area contributed by atoms with E-state index in [1.807, 2.05) is 18.2 Å². The van der Waals surface area contributed by atoms with Gasteiger partial charge in [0, 0.05) is 36.7 Å². The van der Waals surface area contributed by atoms with E-state index >= 15 is 0 Å². The summed E-state index contributed by atoms with van der Waals surface area (Å²) in [6.07, 6.45) is 0. The molecule has 2 aromatic rings. The first-order valence-corrected chi connectivity index (χ1v) is 6.35. The molecule has 100 valence electrons. The molecular weight excluding hydrogens is 242 g/mol. The molecule has 1 atom stereocenters. The number of nitrogens with one attached hydrogen (secondary N) is 3. The zero-order chi connectivity index (χ0) is 13.4. The van der Waals surface area contributed by atoms with Crippen LogP contribution in [-0.2, 0) is 11.3 Å². The average Bonchev–Trinajstić information content (AvgIpc) is 2.83. The lowest BCUT2D eigenvalue weighted by molar-refractivity contribution is -0.122. The van der Waals surface area contributed by atoms with Crippen molar-refractivity contribution in [2.75, 3.05) is 20.7 Å². The lowest BCUT2D eigenvalue weighted by Crippen LogP contribution is -2.37. The Hall–Kier alpha value is -2.01. The van der Waals surface area contributed by atoms with Gasteiger partial charge in [0.05, 0.1) is 13.0 Å². The number of hydrogen-bond acceptors (Lipinski definition) is 3. The second-order valence-corrected chi connectivity index (χ2v) is 4.73. The zero-order valence-corrected chi connectivity index (χ0v) is 11.0. The van der Waals surface area contributed by atoms with Crippen LogP contribution in [0.25, 0.3) is 10.9 Å². The molecule has 0 fully saturated rings. The van der Waals surface area contributed by atoms with Crippen molar-refractivity contribution in [2.45, 2.75) is 12.5 Å². The number of aromatic nitrogens is 1. The first kappa shape index (κ1) is 12.0. The van der Waals surface area contributed by atoms with E-state index in [0.29, 0.717) is 6.54 Å². The summed E-state index contributed by atoms with van der Waals surface area (Å²) in [4.78, 5) is 15.4. The lowest BCUT2D eigenvalue weighted by Gasteiger charge is -2.22. The normalized spacial score (nSPS) is 18.1. The van der Waals surface area contributed by atoms with E-state index < -0.39 is 0 Å². The first-order chi connectivity index (χ1) is 9.24. The summed E-state index contributed by atoms with van der Waals surface area (Å²) in [5, 5.41) is 7.08. The summed E-state index contributed by atoms with van der Waals surface area (Å²) >= 11 is 0. The molecule has 19 heavy (non-hydrogen) atoms. The number of hydrogen-bond donors (Lipinski definition) is 3. The van der Waals surface area contributed by atoms with E-state index in [1.54, 1.807) is 14.2 Å². The molecule has 1 amide bonds. The van der Waals surface area contributed by atoms with Crippen LogP contribution < -0.4 is 15.4 Å². The number of carbonyl (C=O) groups excluding carboxylic acids is 1. The highest BCUT2D eigenvalue weighted by atomic mass is 16.5. The second kappa shape index (κ2) is 4.59. The number of H-pyrrole nitrogens is 1. The third-order valence-electron chi connectivity index (χ3n) is 3.69. The minimum Gasteiger partial charge on any atom is -0.497 e. The summed E-state index contributed by atoms with van der Waals surface area (Å²) in [7, 11) is 3.32. The number of methoxy groups -OCH3 is 1. The van der Waals surface area contributed by atoms with Crippen LogP contribution in [-0.4, -0.2) is 31.6 Å². The van der Waals surface area contributed by atoms with Crippen molar-refractivity contribution in [3.63, 3.8) is 0 Å². The molecule has 1 aromatic carbocycles. The molecule has 0 aliphatic carbocycles. The van der Waals surface area contributed by atoms with Crippen LogP contribution in [0.5, 0.6) is 5.75 Å². The number of carbonyl (C=O) groups is 1. The van der Waals surface area contributed by atoms with Crippen molar-refractivity contribution in [1.29, 1.82) is 0 Å². The molecule has 5 nitrogen and oxygen atoms in total. The smallest absolute Gasteiger partial charge is 0.228 e. The molecule has 3 rings (SSSR count).